The van der Waals surface area contributed by atoms with Crippen LogP contribution in [0.25, 0.3) is 0 Å². The van der Waals surface area contributed by atoms with Crippen LogP contribution in [0, 0.1) is 0 Å². The molecule has 3 N–H and O–H groups in total. The standard InChI is InChI=1S/C16H25NO5/c1-16(2,3)22-15(20)17-5-4-6-21-14-8-12(10-18)7-13(9-14)11-19/h7-9,18-19H,4-6,10-11H2,1-3H3,(H,17,20). The number of alkyl carbamates (subject to hydrolysis) is 1. The SMILES string of the molecule is CC(C)(C)OC(=O)NCCCOc1cc(CO)cc(CO)c1. The Morgan fingerprint density at radius 3 is 2.23 bits per heavy atom. The Balaban J connectivity index is 2.31. The highest BCUT2D eigenvalue weighted by Crippen LogP contribution is 2.17. The van der Waals surface area contributed by atoms with Crippen molar-refractivity contribution in [2.45, 2.75) is 46.0 Å². The smallest absolute Gasteiger partial charge is 0.407 e. The summed E-state index contributed by atoms with van der Waals surface area (Å²) in [5, 5.41) is 20.9. The second-order valence-corrected chi connectivity index (χ2v) is 5.93. The lowest BCUT2D eigenvalue weighted by atomic mass is 10.1. The van der Waals surface area contributed by atoms with E-state index in [2.05, 4.69) is 5.32 Å². The second-order valence-electron chi connectivity index (χ2n) is 5.93. The summed E-state index contributed by atoms with van der Waals surface area (Å²) in [4.78, 5) is 11.4. The monoisotopic (exact) mass is 311 g/mol. The summed E-state index contributed by atoms with van der Waals surface area (Å²) < 4.78 is 10.7. The van der Waals surface area contributed by atoms with E-state index in [1.165, 1.54) is 0 Å². The fourth-order valence-electron chi connectivity index (χ4n) is 1.76. The maximum Gasteiger partial charge on any atom is 0.407 e. The molecule has 0 fully saturated rings. The average Bonchev–Trinajstić information content (AvgIpc) is 2.44. The third-order valence-electron chi connectivity index (χ3n) is 2.65. The number of hydrogen-bond acceptors (Lipinski definition) is 5. The van der Waals surface area contributed by atoms with Gasteiger partial charge in [-0.1, -0.05) is 6.07 Å². The number of nitrogens with one attached hydrogen (secondary N) is 1. The number of carbonyl (C=O) groups excluding carboxylic acids is 1. The van der Waals surface area contributed by atoms with Gasteiger partial charge in [-0.3, -0.25) is 0 Å². The summed E-state index contributed by atoms with van der Waals surface area (Å²) in [5.41, 5.74) is 0.869. The van der Waals surface area contributed by atoms with E-state index in [0.717, 1.165) is 0 Å². The van der Waals surface area contributed by atoms with Crippen molar-refractivity contribution in [3.8, 4) is 5.75 Å². The molecule has 0 atom stereocenters. The van der Waals surface area contributed by atoms with E-state index in [0.29, 0.717) is 36.4 Å². The summed E-state index contributed by atoms with van der Waals surface area (Å²) in [5.74, 6) is 0.591. The van der Waals surface area contributed by atoms with Crippen LogP contribution in [-0.4, -0.2) is 35.1 Å². The predicted octanol–water partition coefficient (Wildman–Crippen LogP) is 1.96. The number of aliphatic hydroxyl groups is 2. The highest BCUT2D eigenvalue weighted by molar-refractivity contribution is 5.67. The average molecular weight is 311 g/mol. The fraction of sp³-hybridized carbons (Fsp3) is 0.562. The molecule has 0 radical (unpaired) electrons. The lowest BCUT2D eigenvalue weighted by molar-refractivity contribution is 0.0525. The highest BCUT2D eigenvalue weighted by Gasteiger charge is 2.15. The molecule has 22 heavy (non-hydrogen) atoms. The zero-order valence-corrected chi connectivity index (χ0v) is 13.4. The Labute approximate surface area is 131 Å². The van der Waals surface area contributed by atoms with Gasteiger partial charge in [-0.25, -0.2) is 4.79 Å². The van der Waals surface area contributed by atoms with Crippen molar-refractivity contribution in [2.24, 2.45) is 0 Å². The number of amides is 1. The first kappa shape index (κ1) is 18.3. The minimum atomic E-state index is -0.508. The molecule has 0 spiro atoms. The van der Waals surface area contributed by atoms with Crippen molar-refractivity contribution >= 4 is 6.09 Å². The van der Waals surface area contributed by atoms with E-state index < -0.39 is 11.7 Å². The van der Waals surface area contributed by atoms with Gasteiger partial charge in [-0.2, -0.15) is 0 Å². The molecule has 1 rings (SSSR count). The Bertz CT molecular complexity index is 460. The molecule has 0 bridgehead atoms. The topological polar surface area (TPSA) is 88.0 Å². The van der Waals surface area contributed by atoms with Gasteiger partial charge in [-0.05, 0) is 50.5 Å². The summed E-state index contributed by atoms with van der Waals surface area (Å²) in [7, 11) is 0. The van der Waals surface area contributed by atoms with Gasteiger partial charge in [-0.15, -0.1) is 0 Å². The molecular formula is C16H25NO5. The van der Waals surface area contributed by atoms with E-state index in [4.69, 9.17) is 19.7 Å². The van der Waals surface area contributed by atoms with Gasteiger partial charge < -0.3 is 25.0 Å². The summed E-state index contributed by atoms with van der Waals surface area (Å²) in [6.07, 6.45) is 0.175. The van der Waals surface area contributed by atoms with Crippen LogP contribution < -0.4 is 10.1 Å². The molecule has 0 aliphatic carbocycles. The molecule has 0 aliphatic heterocycles. The highest BCUT2D eigenvalue weighted by atomic mass is 16.6. The minimum Gasteiger partial charge on any atom is -0.494 e. The summed E-state index contributed by atoms with van der Waals surface area (Å²) in [6, 6.07) is 5.16. The fourth-order valence-corrected chi connectivity index (χ4v) is 1.76. The maximum absolute atomic E-state index is 11.4. The number of carbonyl (C=O) groups is 1. The molecule has 0 unspecified atom stereocenters. The largest absolute Gasteiger partial charge is 0.494 e. The molecule has 1 amide bonds. The second kappa shape index (κ2) is 8.60. The van der Waals surface area contributed by atoms with Crippen LogP contribution in [0.15, 0.2) is 18.2 Å². The number of ether oxygens (including phenoxy) is 2. The molecule has 0 aromatic heterocycles. The first-order chi connectivity index (χ1) is 10.3. The van der Waals surface area contributed by atoms with Crippen molar-refractivity contribution in [2.75, 3.05) is 13.2 Å². The van der Waals surface area contributed by atoms with E-state index in [-0.39, 0.29) is 13.2 Å². The Kier molecular flexibility index (Phi) is 7.14. The number of hydrogen-bond donors (Lipinski definition) is 3. The zero-order chi connectivity index (χ0) is 16.6. The van der Waals surface area contributed by atoms with E-state index in [1.807, 2.05) is 20.8 Å². The van der Waals surface area contributed by atoms with E-state index in [9.17, 15) is 4.79 Å². The lowest BCUT2D eigenvalue weighted by Crippen LogP contribution is -2.33. The molecule has 1 aromatic carbocycles. The first-order valence-electron chi connectivity index (χ1n) is 7.28. The predicted molar refractivity (Wildman–Crippen MR) is 82.6 cm³/mol. The van der Waals surface area contributed by atoms with E-state index in [1.54, 1.807) is 18.2 Å². The number of benzene rings is 1. The third-order valence-corrected chi connectivity index (χ3v) is 2.65. The van der Waals surface area contributed by atoms with Gasteiger partial charge in [0.1, 0.15) is 11.4 Å². The molecule has 6 heteroatoms. The summed E-state index contributed by atoms with van der Waals surface area (Å²) >= 11 is 0. The van der Waals surface area contributed by atoms with Gasteiger partial charge in [0, 0.05) is 6.54 Å². The molecule has 0 saturated heterocycles. The molecule has 124 valence electrons. The number of aliphatic hydroxyl groups excluding tert-OH is 2. The van der Waals surface area contributed by atoms with E-state index >= 15 is 0 Å². The van der Waals surface area contributed by atoms with Gasteiger partial charge in [0.2, 0.25) is 0 Å². The first-order valence-corrected chi connectivity index (χ1v) is 7.28. The van der Waals surface area contributed by atoms with Crippen LogP contribution in [0.4, 0.5) is 4.79 Å². The van der Waals surface area contributed by atoms with Crippen molar-refractivity contribution in [3.05, 3.63) is 29.3 Å². The maximum atomic E-state index is 11.4. The number of rotatable bonds is 7. The molecule has 0 aliphatic rings. The van der Waals surface area contributed by atoms with Crippen molar-refractivity contribution < 1.29 is 24.5 Å². The van der Waals surface area contributed by atoms with Gasteiger partial charge in [0.25, 0.3) is 0 Å². The lowest BCUT2D eigenvalue weighted by Gasteiger charge is -2.19. The zero-order valence-electron chi connectivity index (χ0n) is 13.4. The van der Waals surface area contributed by atoms with Crippen LogP contribution in [0.2, 0.25) is 0 Å². The van der Waals surface area contributed by atoms with Crippen LogP contribution in [-0.2, 0) is 18.0 Å². The molecule has 6 nitrogen and oxygen atoms in total. The Morgan fingerprint density at radius 1 is 1.14 bits per heavy atom. The minimum absolute atomic E-state index is 0.107. The van der Waals surface area contributed by atoms with Crippen molar-refractivity contribution in [1.29, 1.82) is 0 Å². The van der Waals surface area contributed by atoms with Crippen LogP contribution in [0.1, 0.15) is 38.3 Å². The normalized spacial score (nSPS) is 11.1. The van der Waals surface area contributed by atoms with Gasteiger partial charge in [0.15, 0.2) is 0 Å². The van der Waals surface area contributed by atoms with Crippen LogP contribution in [0.3, 0.4) is 0 Å². The Hall–Kier alpha value is -1.79. The van der Waals surface area contributed by atoms with Crippen LogP contribution >= 0.6 is 0 Å². The van der Waals surface area contributed by atoms with Gasteiger partial charge in [0.05, 0.1) is 19.8 Å². The molecule has 1 aromatic rings. The van der Waals surface area contributed by atoms with Crippen molar-refractivity contribution in [3.63, 3.8) is 0 Å². The van der Waals surface area contributed by atoms with Gasteiger partial charge >= 0.3 is 6.09 Å². The third kappa shape index (κ3) is 7.28. The quantitative estimate of drug-likeness (QED) is 0.670. The van der Waals surface area contributed by atoms with Crippen LogP contribution in [0.5, 0.6) is 5.75 Å². The molecular weight excluding hydrogens is 286 g/mol. The van der Waals surface area contributed by atoms with Crippen molar-refractivity contribution in [1.82, 2.24) is 5.32 Å². The Morgan fingerprint density at radius 2 is 1.73 bits per heavy atom. The molecule has 0 saturated carbocycles. The molecule has 0 heterocycles. The summed E-state index contributed by atoms with van der Waals surface area (Å²) in [6.45, 7) is 6.07.